The molecule has 2 atom stereocenters. The van der Waals surface area contributed by atoms with Crippen LogP contribution in [0.4, 0.5) is 5.69 Å². The minimum absolute atomic E-state index is 0.183. The summed E-state index contributed by atoms with van der Waals surface area (Å²) < 4.78 is 4.96. The number of aromatic amines is 1. The normalized spacial score (nSPS) is 22.8. The maximum Gasteiger partial charge on any atom is 0.338 e. The van der Waals surface area contributed by atoms with Crippen molar-refractivity contribution in [3.8, 4) is 0 Å². The maximum atomic E-state index is 13.2. The summed E-state index contributed by atoms with van der Waals surface area (Å²) in [6, 6.07) is 6.24. The number of hydrogen-bond acceptors (Lipinski definition) is 7. The predicted molar refractivity (Wildman–Crippen MR) is 106 cm³/mol. The Labute approximate surface area is 169 Å². The van der Waals surface area contributed by atoms with Gasteiger partial charge in [0.15, 0.2) is 0 Å². The minimum Gasteiger partial charge on any atom is -0.462 e. The van der Waals surface area contributed by atoms with Crippen molar-refractivity contribution in [2.75, 3.05) is 11.5 Å². The van der Waals surface area contributed by atoms with E-state index in [4.69, 9.17) is 4.74 Å². The molecule has 1 saturated heterocycles. The van der Waals surface area contributed by atoms with Gasteiger partial charge < -0.3 is 9.72 Å². The molecule has 0 bridgehead atoms. The summed E-state index contributed by atoms with van der Waals surface area (Å²) in [6.45, 7) is 5.78. The van der Waals surface area contributed by atoms with Crippen LogP contribution in [0.25, 0.3) is 0 Å². The van der Waals surface area contributed by atoms with Crippen LogP contribution >= 0.6 is 23.1 Å². The fraction of sp³-hybridized carbons (Fsp3) is 0.368. The van der Waals surface area contributed by atoms with E-state index in [9.17, 15) is 19.2 Å². The lowest BCUT2D eigenvalue weighted by molar-refractivity contribution is -0.123. The number of carbonyl (C=O) groups excluding carboxylic acids is 3. The zero-order valence-corrected chi connectivity index (χ0v) is 17.1. The summed E-state index contributed by atoms with van der Waals surface area (Å²) in [5.74, 6) is -1.61. The fourth-order valence-corrected chi connectivity index (χ4v) is 6.54. The lowest BCUT2D eigenvalue weighted by atomic mass is 9.76. The topological polar surface area (TPSA) is 96.5 Å². The van der Waals surface area contributed by atoms with Gasteiger partial charge in [0.05, 0.1) is 28.8 Å². The third-order valence-electron chi connectivity index (χ3n) is 5.11. The van der Waals surface area contributed by atoms with E-state index in [0.29, 0.717) is 16.3 Å². The van der Waals surface area contributed by atoms with Crippen LogP contribution in [-0.2, 0) is 19.7 Å². The zero-order chi connectivity index (χ0) is 20.2. The van der Waals surface area contributed by atoms with Gasteiger partial charge in [0.25, 0.3) is 0 Å². The van der Waals surface area contributed by atoms with Gasteiger partial charge in [-0.05, 0) is 31.2 Å². The molecule has 0 aliphatic carbocycles. The van der Waals surface area contributed by atoms with Gasteiger partial charge in [0.2, 0.25) is 11.8 Å². The highest BCUT2D eigenvalue weighted by atomic mass is 32.2. The van der Waals surface area contributed by atoms with E-state index in [1.54, 1.807) is 31.2 Å². The van der Waals surface area contributed by atoms with Crippen LogP contribution in [0.15, 0.2) is 34.1 Å². The molecule has 2 aromatic rings. The number of hydrogen-bond donors (Lipinski definition) is 1. The minimum atomic E-state index is -0.637. The fourth-order valence-electron chi connectivity index (χ4n) is 3.76. The van der Waals surface area contributed by atoms with Crippen molar-refractivity contribution in [3.63, 3.8) is 0 Å². The second-order valence-corrected chi connectivity index (χ2v) is 9.32. The van der Waals surface area contributed by atoms with Gasteiger partial charge in [0, 0.05) is 10.3 Å². The van der Waals surface area contributed by atoms with Crippen LogP contribution in [0.1, 0.15) is 36.0 Å². The van der Waals surface area contributed by atoms with Crippen LogP contribution in [0, 0.1) is 5.92 Å². The van der Waals surface area contributed by atoms with Gasteiger partial charge in [-0.1, -0.05) is 36.9 Å². The van der Waals surface area contributed by atoms with Gasteiger partial charge in [-0.2, -0.15) is 0 Å². The number of carbonyl (C=O) groups is 3. The van der Waals surface area contributed by atoms with Crippen LogP contribution in [0.2, 0.25) is 0 Å². The SMILES string of the molecule is CCOC(=O)c1ccc(N2C(=O)[C@@H]3Sc4[nH]c(=O)sc4C(C)(C)[C@H]3C2=O)cc1. The van der Waals surface area contributed by atoms with Crippen molar-refractivity contribution in [1.29, 1.82) is 0 Å². The van der Waals surface area contributed by atoms with Gasteiger partial charge >= 0.3 is 10.8 Å². The Morgan fingerprint density at radius 1 is 1.18 bits per heavy atom. The smallest absolute Gasteiger partial charge is 0.338 e. The maximum absolute atomic E-state index is 13.2. The first kappa shape index (κ1) is 18.9. The number of benzene rings is 1. The number of ether oxygens (including phenoxy) is 1. The zero-order valence-electron chi connectivity index (χ0n) is 15.5. The second-order valence-electron chi connectivity index (χ2n) is 7.19. The molecular formula is C19H18N2O5S2. The number of fused-ring (bicyclic) bond motifs is 2. The number of thioether (sulfide) groups is 1. The molecule has 1 N–H and O–H groups in total. The van der Waals surface area contributed by atoms with Crippen molar-refractivity contribution < 1.29 is 19.1 Å². The summed E-state index contributed by atoms with van der Waals surface area (Å²) in [6.07, 6.45) is 0. The molecule has 9 heteroatoms. The Kier molecular flexibility index (Phi) is 4.46. The van der Waals surface area contributed by atoms with E-state index in [-0.39, 0.29) is 23.3 Å². The van der Waals surface area contributed by atoms with Gasteiger partial charge in [-0.25, -0.2) is 9.69 Å². The Hall–Kier alpha value is -2.39. The van der Waals surface area contributed by atoms with Crippen molar-refractivity contribution in [2.24, 2.45) is 5.92 Å². The van der Waals surface area contributed by atoms with Gasteiger partial charge in [-0.15, -0.1) is 0 Å². The first-order valence-corrected chi connectivity index (χ1v) is 10.5. The lowest BCUT2D eigenvalue weighted by Crippen LogP contribution is -2.41. The molecule has 1 aromatic carbocycles. The molecule has 28 heavy (non-hydrogen) atoms. The first-order chi connectivity index (χ1) is 13.3. The van der Waals surface area contributed by atoms with Crippen molar-refractivity contribution >= 4 is 46.6 Å². The van der Waals surface area contributed by atoms with Crippen LogP contribution in [-0.4, -0.2) is 34.6 Å². The second kappa shape index (κ2) is 6.59. The number of H-pyrrole nitrogens is 1. The Morgan fingerprint density at radius 2 is 1.86 bits per heavy atom. The molecule has 7 nitrogen and oxygen atoms in total. The number of thiazole rings is 1. The summed E-state index contributed by atoms with van der Waals surface area (Å²) in [7, 11) is 0. The van der Waals surface area contributed by atoms with Crippen LogP contribution < -0.4 is 9.77 Å². The Morgan fingerprint density at radius 3 is 2.50 bits per heavy atom. The monoisotopic (exact) mass is 418 g/mol. The molecule has 0 saturated carbocycles. The molecule has 1 fully saturated rings. The predicted octanol–water partition coefficient (Wildman–Crippen LogP) is 2.55. The quantitative estimate of drug-likeness (QED) is 0.608. The first-order valence-electron chi connectivity index (χ1n) is 8.81. The molecule has 4 rings (SSSR count). The van der Waals surface area contributed by atoms with Crippen LogP contribution in [0.5, 0.6) is 0 Å². The summed E-state index contributed by atoms with van der Waals surface area (Å²) in [5.41, 5.74) is 0.142. The molecule has 3 heterocycles. The third-order valence-corrected chi connectivity index (χ3v) is 7.73. The van der Waals surface area contributed by atoms with Crippen molar-refractivity contribution in [3.05, 3.63) is 44.4 Å². The number of esters is 1. The van der Waals surface area contributed by atoms with Gasteiger partial charge in [-0.3, -0.25) is 14.4 Å². The number of aromatic nitrogens is 1. The van der Waals surface area contributed by atoms with E-state index in [1.165, 1.54) is 16.7 Å². The average molecular weight is 418 g/mol. The van der Waals surface area contributed by atoms with E-state index in [2.05, 4.69) is 4.98 Å². The number of imide groups is 1. The highest BCUT2D eigenvalue weighted by molar-refractivity contribution is 8.00. The molecule has 0 radical (unpaired) electrons. The molecule has 1 aromatic heterocycles. The summed E-state index contributed by atoms with van der Waals surface area (Å²) in [4.78, 5) is 54.5. The standard InChI is InChI=1S/C19H18N2O5S2/c1-4-26-17(24)9-5-7-10(8-6-9)21-15(22)11-12(16(21)23)27-14-13(19(11,2)3)28-18(25)20-14/h5-8,11-12H,4H2,1-3H3,(H,20,25)/t11-,12-/m1/s1. The molecular weight excluding hydrogens is 400 g/mol. The number of anilines is 1. The van der Waals surface area contributed by atoms with Crippen molar-refractivity contribution in [2.45, 2.75) is 36.5 Å². The molecule has 2 aliphatic heterocycles. The van der Waals surface area contributed by atoms with E-state index >= 15 is 0 Å². The van der Waals surface area contributed by atoms with Gasteiger partial charge in [0.1, 0.15) is 5.25 Å². The molecule has 0 unspecified atom stereocenters. The number of amides is 2. The lowest BCUT2D eigenvalue weighted by Gasteiger charge is -2.36. The number of nitrogens with one attached hydrogen (secondary N) is 1. The molecule has 2 amide bonds. The molecule has 2 aliphatic rings. The highest BCUT2D eigenvalue weighted by Crippen LogP contribution is 2.53. The summed E-state index contributed by atoms with van der Waals surface area (Å²) >= 11 is 2.34. The average Bonchev–Trinajstić information content (AvgIpc) is 3.14. The Balaban J connectivity index is 1.69. The van der Waals surface area contributed by atoms with E-state index in [1.807, 2.05) is 13.8 Å². The van der Waals surface area contributed by atoms with Crippen molar-refractivity contribution in [1.82, 2.24) is 4.98 Å². The largest absolute Gasteiger partial charge is 0.462 e. The number of nitrogens with zero attached hydrogens (tertiary/aromatic N) is 1. The Bertz CT molecular complexity index is 1040. The number of rotatable bonds is 3. The highest BCUT2D eigenvalue weighted by Gasteiger charge is 2.59. The molecule has 146 valence electrons. The van der Waals surface area contributed by atoms with E-state index < -0.39 is 22.6 Å². The third kappa shape index (κ3) is 2.72. The van der Waals surface area contributed by atoms with E-state index in [0.717, 1.165) is 16.2 Å². The summed E-state index contributed by atoms with van der Waals surface area (Å²) in [5, 5.41) is 0.0758. The molecule has 0 spiro atoms. The van der Waals surface area contributed by atoms with Crippen LogP contribution in [0.3, 0.4) is 0 Å².